The van der Waals surface area contributed by atoms with E-state index in [1.54, 1.807) is 12.0 Å². The summed E-state index contributed by atoms with van der Waals surface area (Å²) in [4.78, 5) is 30.5. The van der Waals surface area contributed by atoms with Crippen LogP contribution in [-0.2, 0) is 16.0 Å². The zero-order valence-corrected chi connectivity index (χ0v) is 24.8. The molecule has 8 nitrogen and oxygen atoms in total. The Morgan fingerprint density at radius 2 is 1.79 bits per heavy atom. The van der Waals surface area contributed by atoms with Gasteiger partial charge in [-0.05, 0) is 62.6 Å². The maximum absolute atomic E-state index is 13.7. The number of aryl methyl sites for hydroxylation is 1. The van der Waals surface area contributed by atoms with Crippen LogP contribution in [0.15, 0.2) is 18.2 Å². The normalized spacial score (nSPS) is 20.7. The summed E-state index contributed by atoms with van der Waals surface area (Å²) in [6.45, 7) is 10.3. The first-order chi connectivity index (χ1) is 18.7. The second-order valence-electron chi connectivity index (χ2n) is 11.8. The molecule has 39 heavy (non-hydrogen) atoms. The summed E-state index contributed by atoms with van der Waals surface area (Å²) < 4.78 is 11.1. The summed E-state index contributed by atoms with van der Waals surface area (Å²) in [6.07, 6.45) is 6.37. The van der Waals surface area contributed by atoms with Gasteiger partial charge in [0.25, 0.3) is 5.91 Å². The van der Waals surface area contributed by atoms with Gasteiger partial charge in [-0.15, -0.1) is 0 Å². The van der Waals surface area contributed by atoms with Gasteiger partial charge in [0, 0.05) is 65.0 Å². The predicted molar refractivity (Wildman–Crippen MR) is 154 cm³/mol. The molecule has 8 heteroatoms. The summed E-state index contributed by atoms with van der Waals surface area (Å²) in [5, 5.41) is 14.3. The number of hydrogen-bond donors (Lipinski definition) is 2. The molecule has 0 radical (unpaired) electrons. The summed E-state index contributed by atoms with van der Waals surface area (Å²) in [5.74, 6) is 1.27. The highest BCUT2D eigenvalue weighted by Gasteiger charge is 2.36. The average molecular weight is 546 g/mol. The van der Waals surface area contributed by atoms with Gasteiger partial charge in [-0.2, -0.15) is 0 Å². The molecular weight excluding hydrogens is 494 g/mol. The van der Waals surface area contributed by atoms with Gasteiger partial charge in [0.2, 0.25) is 5.91 Å². The van der Waals surface area contributed by atoms with Crippen molar-refractivity contribution in [2.45, 2.75) is 83.8 Å². The Hall–Kier alpha value is -2.16. The highest BCUT2D eigenvalue weighted by Crippen LogP contribution is 2.32. The largest absolute Gasteiger partial charge is 0.493 e. The Labute approximate surface area is 235 Å². The third-order valence-corrected chi connectivity index (χ3v) is 8.44. The van der Waals surface area contributed by atoms with Crippen LogP contribution in [0.2, 0.25) is 0 Å². The second kappa shape index (κ2) is 15.0. The molecule has 1 aliphatic heterocycles. The van der Waals surface area contributed by atoms with Gasteiger partial charge in [-0.1, -0.05) is 32.3 Å². The molecule has 1 heterocycles. The lowest BCUT2D eigenvalue weighted by Gasteiger charge is -2.35. The summed E-state index contributed by atoms with van der Waals surface area (Å²) in [7, 11) is 3.53. The number of nitrogens with one attached hydrogen (secondary N) is 1. The summed E-state index contributed by atoms with van der Waals surface area (Å²) >= 11 is 0. The van der Waals surface area contributed by atoms with Crippen LogP contribution >= 0.6 is 0 Å². The molecule has 2 atom stereocenters. The molecule has 1 aliphatic carbocycles. The van der Waals surface area contributed by atoms with Gasteiger partial charge in [0.15, 0.2) is 0 Å². The molecule has 2 fully saturated rings. The second-order valence-corrected chi connectivity index (χ2v) is 11.8. The van der Waals surface area contributed by atoms with Crippen LogP contribution in [0.1, 0.15) is 81.6 Å². The lowest BCUT2D eigenvalue weighted by molar-refractivity contribution is -0.137. The molecular formula is C31H51N3O5. The van der Waals surface area contributed by atoms with Crippen molar-refractivity contribution in [2.75, 3.05) is 53.6 Å². The van der Waals surface area contributed by atoms with Crippen molar-refractivity contribution in [2.24, 2.45) is 11.8 Å². The molecule has 1 aromatic rings. The highest BCUT2D eigenvalue weighted by molar-refractivity contribution is 5.95. The van der Waals surface area contributed by atoms with E-state index in [-0.39, 0.29) is 36.1 Å². The molecule has 2 amide bonds. The number of carbonyl (C=O) groups excluding carboxylic acids is 2. The average Bonchev–Trinajstić information content (AvgIpc) is 3.35. The Morgan fingerprint density at radius 3 is 2.44 bits per heavy atom. The van der Waals surface area contributed by atoms with E-state index in [9.17, 15) is 14.7 Å². The standard InChI is InChI=1S/C31H51N3O5/c1-6-24-11-12-25(17-28(24)39-16-10-15-38-5)30(36)34(23(2)3)22-27-20-32-19-26(27)21-33(4)29(35)18-31(37)13-8-7-9-14-31/h11-12,17,23,26-27,32,37H,6-10,13-16,18-22H2,1-5H3/t26?,27-/m0/s1. The minimum absolute atomic E-state index is 0.00370. The van der Waals surface area contributed by atoms with Gasteiger partial charge in [0.05, 0.1) is 18.6 Å². The molecule has 1 aromatic carbocycles. The highest BCUT2D eigenvalue weighted by atomic mass is 16.5. The number of hydrogen-bond acceptors (Lipinski definition) is 6. The van der Waals surface area contributed by atoms with Gasteiger partial charge < -0.3 is 29.7 Å². The Bertz CT molecular complexity index is 931. The molecule has 2 aliphatic rings. The van der Waals surface area contributed by atoms with Gasteiger partial charge in [0.1, 0.15) is 5.75 Å². The van der Waals surface area contributed by atoms with Crippen molar-refractivity contribution in [3.8, 4) is 5.75 Å². The third-order valence-electron chi connectivity index (χ3n) is 8.44. The fourth-order valence-electron chi connectivity index (χ4n) is 5.92. The van der Waals surface area contributed by atoms with Crippen molar-refractivity contribution in [3.05, 3.63) is 29.3 Å². The van der Waals surface area contributed by atoms with E-state index < -0.39 is 5.60 Å². The molecule has 220 valence electrons. The summed E-state index contributed by atoms with van der Waals surface area (Å²) in [5.41, 5.74) is 0.876. The van der Waals surface area contributed by atoms with E-state index in [1.807, 2.05) is 30.1 Å². The Morgan fingerprint density at radius 1 is 1.10 bits per heavy atom. The van der Waals surface area contributed by atoms with Crippen molar-refractivity contribution in [1.82, 2.24) is 15.1 Å². The van der Waals surface area contributed by atoms with E-state index in [0.717, 1.165) is 56.5 Å². The predicted octanol–water partition coefficient (Wildman–Crippen LogP) is 3.89. The molecule has 1 unspecified atom stereocenters. The van der Waals surface area contributed by atoms with Crippen LogP contribution in [0.3, 0.4) is 0 Å². The fourth-order valence-corrected chi connectivity index (χ4v) is 5.92. The molecule has 1 saturated heterocycles. The van der Waals surface area contributed by atoms with E-state index in [2.05, 4.69) is 26.1 Å². The number of methoxy groups -OCH3 is 1. The van der Waals surface area contributed by atoms with Crippen LogP contribution in [0.4, 0.5) is 0 Å². The van der Waals surface area contributed by atoms with Gasteiger partial charge in [-0.3, -0.25) is 9.59 Å². The summed E-state index contributed by atoms with van der Waals surface area (Å²) in [6, 6.07) is 5.83. The number of aliphatic hydroxyl groups is 1. The van der Waals surface area contributed by atoms with E-state index in [4.69, 9.17) is 9.47 Å². The number of carbonyl (C=O) groups is 2. The lowest BCUT2D eigenvalue weighted by Crippen LogP contribution is -2.45. The number of benzene rings is 1. The quantitative estimate of drug-likeness (QED) is 0.345. The van der Waals surface area contributed by atoms with E-state index in [1.165, 1.54) is 0 Å². The first-order valence-corrected chi connectivity index (χ1v) is 14.9. The van der Waals surface area contributed by atoms with Crippen LogP contribution in [0.25, 0.3) is 0 Å². The Kier molecular flexibility index (Phi) is 12.1. The first-order valence-electron chi connectivity index (χ1n) is 14.9. The molecule has 2 N–H and O–H groups in total. The number of ether oxygens (including phenoxy) is 2. The smallest absolute Gasteiger partial charge is 0.254 e. The first kappa shape index (κ1) is 31.4. The lowest BCUT2D eigenvalue weighted by atomic mass is 9.82. The van der Waals surface area contributed by atoms with Gasteiger partial charge in [-0.25, -0.2) is 0 Å². The minimum atomic E-state index is -0.850. The maximum atomic E-state index is 13.7. The van der Waals surface area contributed by atoms with E-state index in [0.29, 0.717) is 44.7 Å². The number of nitrogens with zero attached hydrogens (tertiary/aromatic N) is 2. The van der Waals surface area contributed by atoms with Crippen molar-refractivity contribution >= 4 is 11.8 Å². The van der Waals surface area contributed by atoms with Crippen LogP contribution < -0.4 is 10.1 Å². The van der Waals surface area contributed by atoms with Crippen molar-refractivity contribution in [1.29, 1.82) is 0 Å². The minimum Gasteiger partial charge on any atom is -0.493 e. The topological polar surface area (TPSA) is 91.3 Å². The van der Waals surface area contributed by atoms with Crippen LogP contribution in [0, 0.1) is 11.8 Å². The monoisotopic (exact) mass is 545 g/mol. The molecule has 0 spiro atoms. The fraction of sp³-hybridized carbons (Fsp3) is 0.742. The SMILES string of the molecule is CCc1ccc(C(=O)N(C[C@@H]2CNCC2CN(C)C(=O)CC2(O)CCCCC2)C(C)C)cc1OCCCOC. The van der Waals surface area contributed by atoms with Crippen LogP contribution in [-0.4, -0.2) is 91.9 Å². The van der Waals surface area contributed by atoms with Crippen LogP contribution in [0.5, 0.6) is 5.75 Å². The van der Waals surface area contributed by atoms with Crippen molar-refractivity contribution in [3.63, 3.8) is 0 Å². The number of amides is 2. The third kappa shape index (κ3) is 8.92. The maximum Gasteiger partial charge on any atom is 0.254 e. The number of rotatable bonds is 14. The van der Waals surface area contributed by atoms with Gasteiger partial charge >= 0.3 is 0 Å². The molecule has 0 bridgehead atoms. The molecule has 0 aromatic heterocycles. The Balaban J connectivity index is 1.64. The molecule has 3 rings (SSSR count). The zero-order valence-electron chi connectivity index (χ0n) is 24.8. The van der Waals surface area contributed by atoms with Crippen molar-refractivity contribution < 1.29 is 24.2 Å². The molecule has 1 saturated carbocycles. The van der Waals surface area contributed by atoms with E-state index >= 15 is 0 Å². The zero-order chi connectivity index (χ0) is 28.4.